The molecule has 1 N–H and O–H groups in total. The summed E-state index contributed by atoms with van der Waals surface area (Å²) in [6, 6.07) is 27.9. The Kier molecular flexibility index (Phi) is 7.19. The molecule has 0 radical (unpaired) electrons. The molecule has 166 valence electrons. The number of nitrogens with one attached hydrogen (secondary N) is 1. The number of fused-ring (bicyclic) bond motifs is 1. The molecule has 0 amide bonds. The molecule has 1 aromatic heterocycles. The maximum Gasteiger partial charge on any atom is 0.259 e. The van der Waals surface area contributed by atoms with E-state index in [0.29, 0.717) is 29.9 Å². The van der Waals surface area contributed by atoms with E-state index in [4.69, 9.17) is 4.74 Å². The Morgan fingerprint density at radius 3 is 2.36 bits per heavy atom. The number of hydrogen-bond donors (Lipinski definition) is 1. The lowest BCUT2D eigenvalue weighted by Crippen LogP contribution is -2.30. The topological polar surface area (TPSA) is 67.0 Å². The molecule has 4 rings (SSSR count). The van der Waals surface area contributed by atoms with E-state index in [2.05, 4.69) is 35.7 Å². The van der Waals surface area contributed by atoms with Crippen molar-refractivity contribution >= 4 is 10.8 Å². The van der Waals surface area contributed by atoms with Gasteiger partial charge in [0.25, 0.3) is 5.56 Å². The van der Waals surface area contributed by atoms with Crippen molar-refractivity contribution in [1.82, 2.24) is 9.88 Å². The molecule has 0 aliphatic rings. The van der Waals surface area contributed by atoms with Crippen molar-refractivity contribution in [3.05, 3.63) is 100 Å². The highest BCUT2D eigenvalue weighted by atomic mass is 16.5. The molecule has 0 saturated carbocycles. The molecule has 0 aliphatic heterocycles. The second-order valence-corrected chi connectivity index (χ2v) is 7.91. The fourth-order valence-corrected chi connectivity index (χ4v) is 4.16. The number of rotatable bonds is 9. The van der Waals surface area contributed by atoms with Crippen LogP contribution in [0.4, 0.5) is 0 Å². The summed E-state index contributed by atoms with van der Waals surface area (Å²) < 4.78 is 6.99. The first-order chi connectivity index (χ1) is 16.2. The lowest BCUT2D eigenvalue weighted by Gasteiger charge is -2.17. The van der Waals surface area contributed by atoms with E-state index in [9.17, 15) is 10.1 Å². The average molecular weight is 438 g/mol. The summed E-state index contributed by atoms with van der Waals surface area (Å²) in [7, 11) is 1.60. The Hall–Kier alpha value is -3.88. The van der Waals surface area contributed by atoms with E-state index in [0.717, 1.165) is 35.9 Å². The lowest BCUT2D eigenvalue weighted by atomic mass is 9.97. The van der Waals surface area contributed by atoms with Gasteiger partial charge in [0.15, 0.2) is 0 Å². The summed E-state index contributed by atoms with van der Waals surface area (Å²) in [4.78, 5) is 13.3. The number of ether oxygens (including phenoxy) is 1. The minimum atomic E-state index is -0.157. The molecular weight excluding hydrogens is 410 g/mol. The summed E-state index contributed by atoms with van der Waals surface area (Å²) in [6.45, 7) is 1.88. The molecule has 0 fully saturated rings. The molecular formula is C28H27N3O2. The second kappa shape index (κ2) is 10.6. The quantitative estimate of drug-likeness (QED) is 0.383. The van der Waals surface area contributed by atoms with E-state index in [1.54, 1.807) is 23.8 Å². The van der Waals surface area contributed by atoms with Crippen LogP contribution in [0.2, 0.25) is 0 Å². The van der Waals surface area contributed by atoms with Crippen molar-refractivity contribution in [3.8, 4) is 22.9 Å². The number of methoxy groups -OCH3 is 1. The number of hydrogen-bond acceptors (Lipinski definition) is 4. The monoisotopic (exact) mass is 437 g/mol. The number of aryl methyl sites for hydroxylation is 1. The standard InChI is InChI=1S/C28H27N3O2/c1-33-23-14-15-24-25(19-23)27(22-12-6-3-7-13-22)26(20-29)31(28(24)32)18-17-30-16-8-11-21-9-4-2-5-10-21/h2-7,9-10,12-15,19,30H,8,11,16-18H2,1H3. The Morgan fingerprint density at radius 2 is 1.67 bits per heavy atom. The zero-order chi connectivity index (χ0) is 23.0. The molecule has 0 atom stereocenters. The second-order valence-electron chi connectivity index (χ2n) is 7.91. The van der Waals surface area contributed by atoms with Gasteiger partial charge in [-0.2, -0.15) is 5.26 Å². The van der Waals surface area contributed by atoms with E-state index in [1.165, 1.54) is 5.56 Å². The van der Waals surface area contributed by atoms with Crippen molar-refractivity contribution in [1.29, 1.82) is 5.26 Å². The van der Waals surface area contributed by atoms with Gasteiger partial charge in [-0.1, -0.05) is 60.7 Å². The smallest absolute Gasteiger partial charge is 0.259 e. The highest BCUT2D eigenvalue weighted by Crippen LogP contribution is 2.32. The Bertz CT molecular complexity index is 1320. The zero-order valence-electron chi connectivity index (χ0n) is 18.8. The van der Waals surface area contributed by atoms with Crippen LogP contribution < -0.4 is 15.6 Å². The summed E-state index contributed by atoms with van der Waals surface area (Å²) in [5, 5.41) is 14.8. The first kappa shape index (κ1) is 22.3. The van der Waals surface area contributed by atoms with Crippen LogP contribution in [0.1, 0.15) is 17.7 Å². The maximum absolute atomic E-state index is 13.3. The van der Waals surface area contributed by atoms with Crippen molar-refractivity contribution in [2.24, 2.45) is 0 Å². The van der Waals surface area contributed by atoms with Gasteiger partial charge in [-0.05, 0) is 48.7 Å². The third-order valence-corrected chi connectivity index (χ3v) is 5.82. The van der Waals surface area contributed by atoms with E-state index >= 15 is 0 Å². The molecule has 3 aromatic carbocycles. The van der Waals surface area contributed by atoms with Gasteiger partial charge in [-0.3, -0.25) is 9.36 Å². The molecule has 4 aromatic rings. The first-order valence-electron chi connectivity index (χ1n) is 11.2. The van der Waals surface area contributed by atoms with Crippen LogP contribution in [0.3, 0.4) is 0 Å². The van der Waals surface area contributed by atoms with Gasteiger partial charge < -0.3 is 10.1 Å². The fraction of sp³-hybridized carbons (Fsp3) is 0.214. The number of benzene rings is 3. The van der Waals surface area contributed by atoms with E-state index in [1.807, 2.05) is 42.5 Å². The van der Waals surface area contributed by atoms with Crippen molar-refractivity contribution < 1.29 is 4.74 Å². The number of pyridine rings is 1. The summed E-state index contributed by atoms with van der Waals surface area (Å²) in [5.41, 5.74) is 3.19. The predicted molar refractivity (Wildman–Crippen MR) is 133 cm³/mol. The SMILES string of the molecule is COc1ccc2c(=O)n(CCNCCCc3ccccc3)c(C#N)c(-c3ccccc3)c2c1. The molecule has 0 spiro atoms. The molecule has 33 heavy (non-hydrogen) atoms. The lowest BCUT2D eigenvalue weighted by molar-refractivity contribution is 0.415. The molecule has 5 heteroatoms. The Balaban J connectivity index is 1.61. The van der Waals surface area contributed by atoms with Crippen LogP contribution >= 0.6 is 0 Å². The summed E-state index contributed by atoms with van der Waals surface area (Å²) in [5.74, 6) is 0.654. The third kappa shape index (κ3) is 4.97. The molecule has 0 bridgehead atoms. The predicted octanol–water partition coefficient (Wildman–Crippen LogP) is 4.77. The normalized spacial score (nSPS) is 10.8. The molecule has 0 saturated heterocycles. The summed E-state index contributed by atoms with van der Waals surface area (Å²) >= 11 is 0. The molecule has 0 unspecified atom stereocenters. The van der Waals surface area contributed by atoms with Gasteiger partial charge in [0, 0.05) is 29.4 Å². The van der Waals surface area contributed by atoms with Crippen LogP contribution in [0.15, 0.2) is 83.7 Å². The minimum Gasteiger partial charge on any atom is -0.497 e. The maximum atomic E-state index is 13.3. The van der Waals surface area contributed by atoms with Gasteiger partial charge in [-0.15, -0.1) is 0 Å². The van der Waals surface area contributed by atoms with E-state index < -0.39 is 0 Å². The van der Waals surface area contributed by atoms with Crippen LogP contribution in [-0.4, -0.2) is 24.8 Å². The minimum absolute atomic E-state index is 0.157. The third-order valence-electron chi connectivity index (χ3n) is 5.82. The van der Waals surface area contributed by atoms with E-state index in [-0.39, 0.29) is 5.56 Å². The van der Waals surface area contributed by atoms with Crippen LogP contribution in [-0.2, 0) is 13.0 Å². The highest BCUT2D eigenvalue weighted by molar-refractivity contribution is 5.99. The Labute approximate surface area is 193 Å². The molecule has 1 heterocycles. The average Bonchev–Trinajstić information content (AvgIpc) is 2.87. The van der Waals surface area contributed by atoms with Crippen molar-refractivity contribution in [2.45, 2.75) is 19.4 Å². The van der Waals surface area contributed by atoms with Gasteiger partial charge in [0.05, 0.1) is 7.11 Å². The fourth-order valence-electron chi connectivity index (χ4n) is 4.16. The number of aromatic nitrogens is 1. The molecule has 5 nitrogen and oxygen atoms in total. The highest BCUT2D eigenvalue weighted by Gasteiger charge is 2.18. The van der Waals surface area contributed by atoms with Gasteiger partial charge >= 0.3 is 0 Å². The number of nitriles is 1. The largest absolute Gasteiger partial charge is 0.497 e. The molecule has 0 aliphatic carbocycles. The Morgan fingerprint density at radius 1 is 0.939 bits per heavy atom. The summed E-state index contributed by atoms with van der Waals surface area (Å²) in [6.07, 6.45) is 2.02. The number of nitrogens with zero attached hydrogens (tertiary/aromatic N) is 2. The van der Waals surface area contributed by atoms with Gasteiger partial charge in [-0.25, -0.2) is 0 Å². The van der Waals surface area contributed by atoms with Crippen LogP contribution in [0.5, 0.6) is 5.75 Å². The van der Waals surface area contributed by atoms with Crippen LogP contribution in [0.25, 0.3) is 21.9 Å². The van der Waals surface area contributed by atoms with Crippen molar-refractivity contribution in [2.75, 3.05) is 20.2 Å². The van der Waals surface area contributed by atoms with Crippen molar-refractivity contribution in [3.63, 3.8) is 0 Å². The first-order valence-corrected chi connectivity index (χ1v) is 11.2. The zero-order valence-corrected chi connectivity index (χ0v) is 18.8. The van der Waals surface area contributed by atoms with Gasteiger partial charge in [0.2, 0.25) is 0 Å². The van der Waals surface area contributed by atoms with Gasteiger partial charge in [0.1, 0.15) is 17.5 Å². The van der Waals surface area contributed by atoms with Crippen LogP contribution in [0, 0.1) is 11.3 Å².